The minimum atomic E-state index is -0.237. The first-order chi connectivity index (χ1) is 13.2. The van der Waals surface area contributed by atoms with Gasteiger partial charge in [0.2, 0.25) is 0 Å². The highest BCUT2D eigenvalue weighted by atomic mass is 16.5. The zero-order chi connectivity index (χ0) is 18.6. The molecule has 0 spiro atoms. The van der Waals surface area contributed by atoms with Crippen LogP contribution >= 0.6 is 0 Å². The number of amides is 1. The minimum absolute atomic E-state index is 0.237. The van der Waals surface area contributed by atoms with Crippen LogP contribution in [-0.4, -0.2) is 45.9 Å². The van der Waals surface area contributed by atoms with Crippen LogP contribution < -0.4 is 15.0 Å². The lowest BCUT2D eigenvalue weighted by Crippen LogP contribution is -2.18. The summed E-state index contributed by atoms with van der Waals surface area (Å²) in [5, 5.41) is 7.05. The van der Waals surface area contributed by atoms with Crippen molar-refractivity contribution in [3.05, 3.63) is 54.6 Å². The van der Waals surface area contributed by atoms with E-state index < -0.39 is 0 Å². The number of nitrogens with zero attached hydrogens (tertiary/aromatic N) is 5. The van der Waals surface area contributed by atoms with Crippen molar-refractivity contribution in [2.75, 3.05) is 30.4 Å². The van der Waals surface area contributed by atoms with Crippen LogP contribution in [0.15, 0.2) is 49.1 Å². The van der Waals surface area contributed by atoms with E-state index in [0.717, 1.165) is 18.8 Å². The van der Waals surface area contributed by atoms with Crippen LogP contribution in [0.25, 0.3) is 5.95 Å². The van der Waals surface area contributed by atoms with Crippen molar-refractivity contribution in [3.8, 4) is 11.7 Å². The Labute approximate surface area is 156 Å². The summed E-state index contributed by atoms with van der Waals surface area (Å²) in [5.41, 5.74) is 2.10. The SMILES string of the molecule is COc1cccc(C(=O)Nc2cnn(-c3ncc(N4CCCC4)cn3)c2)c1. The minimum Gasteiger partial charge on any atom is -0.497 e. The van der Waals surface area contributed by atoms with Gasteiger partial charge in [-0.15, -0.1) is 0 Å². The Morgan fingerprint density at radius 3 is 2.67 bits per heavy atom. The average Bonchev–Trinajstić information content (AvgIpc) is 3.40. The van der Waals surface area contributed by atoms with Gasteiger partial charge in [0.1, 0.15) is 5.75 Å². The quantitative estimate of drug-likeness (QED) is 0.749. The van der Waals surface area contributed by atoms with Crippen molar-refractivity contribution in [2.24, 2.45) is 0 Å². The molecule has 1 aliphatic rings. The maximum Gasteiger partial charge on any atom is 0.255 e. The molecule has 2 aromatic heterocycles. The fourth-order valence-electron chi connectivity index (χ4n) is 3.04. The van der Waals surface area contributed by atoms with Crippen molar-refractivity contribution in [2.45, 2.75) is 12.8 Å². The molecule has 0 bridgehead atoms. The molecule has 0 aliphatic carbocycles. The zero-order valence-electron chi connectivity index (χ0n) is 15.0. The third kappa shape index (κ3) is 3.74. The summed E-state index contributed by atoms with van der Waals surface area (Å²) in [6.07, 6.45) is 9.28. The van der Waals surface area contributed by atoms with E-state index in [-0.39, 0.29) is 5.91 Å². The Hall–Kier alpha value is -3.42. The largest absolute Gasteiger partial charge is 0.497 e. The summed E-state index contributed by atoms with van der Waals surface area (Å²) in [6.45, 7) is 2.09. The van der Waals surface area contributed by atoms with Crippen molar-refractivity contribution < 1.29 is 9.53 Å². The Bertz CT molecular complexity index is 931. The first-order valence-electron chi connectivity index (χ1n) is 8.80. The first-order valence-corrected chi connectivity index (χ1v) is 8.80. The second-order valence-electron chi connectivity index (χ2n) is 6.30. The molecule has 1 N–H and O–H groups in total. The zero-order valence-corrected chi connectivity index (χ0v) is 15.0. The number of benzene rings is 1. The fraction of sp³-hybridized carbons (Fsp3) is 0.263. The van der Waals surface area contributed by atoms with E-state index in [0.29, 0.717) is 22.9 Å². The van der Waals surface area contributed by atoms with Gasteiger partial charge >= 0.3 is 0 Å². The van der Waals surface area contributed by atoms with Crippen LogP contribution in [0.2, 0.25) is 0 Å². The third-order valence-corrected chi connectivity index (χ3v) is 4.47. The van der Waals surface area contributed by atoms with E-state index in [9.17, 15) is 4.79 Å². The van der Waals surface area contributed by atoms with Gasteiger partial charge in [-0.3, -0.25) is 4.79 Å². The van der Waals surface area contributed by atoms with E-state index in [1.54, 1.807) is 43.8 Å². The Morgan fingerprint density at radius 1 is 1.15 bits per heavy atom. The molecular weight excluding hydrogens is 344 g/mol. The average molecular weight is 364 g/mol. The van der Waals surface area contributed by atoms with E-state index in [1.165, 1.54) is 17.5 Å². The Kier molecular flexibility index (Phi) is 4.69. The van der Waals surface area contributed by atoms with Gasteiger partial charge < -0.3 is 15.0 Å². The van der Waals surface area contributed by atoms with Crippen LogP contribution in [0.3, 0.4) is 0 Å². The molecule has 0 radical (unpaired) electrons. The maximum absolute atomic E-state index is 12.4. The highest BCUT2D eigenvalue weighted by molar-refractivity contribution is 6.04. The monoisotopic (exact) mass is 364 g/mol. The number of hydrogen-bond donors (Lipinski definition) is 1. The number of methoxy groups -OCH3 is 1. The molecule has 8 heteroatoms. The molecule has 3 aromatic rings. The van der Waals surface area contributed by atoms with Crippen molar-refractivity contribution in [1.82, 2.24) is 19.7 Å². The highest BCUT2D eigenvalue weighted by Gasteiger charge is 2.14. The number of rotatable bonds is 5. The normalized spacial score (nSPS) is 13.6. The number of aromatic nitrogens is 4. The van der Waals surface area contributed by atoms with E-state index >= 15 is 0 Å². The number of carbonyl (C=O) groups excluding carboxylic acids is 1. The second kappa shape index (κ2) is 7.45. The number of hydrogen-bond acceptors (Lipinski definition) is 6. The number of carbonyl (C=O) groups is 1. The van der Waals surface area contributed by atoms with Crippen LogP contribution in [-0.2, 0) is 0 Å². The van der Waals surface area contributed by atoms with Gasteiger partial charge in [0.15, 0.2) is 0 Å². The lowest BCUT2D eigenvalue weighted by Gasteiger charge is -2.16. The molecule has 0 saturated carbocycles. The summed E-state index contributed by atoms with van der Waals surface area (Å²) in [4.78, 5) is 23.4. The van der Waals surface area contributed by atoms with Crippen molar-refractivity contribution in [1.29, 1.82) is 0 Å². The van der Waals surface area contributed by atoms with E-state index in [1.807, 2.05) is 12.4 Å². The summed E-state index contributed by atoms with van der Waals surface area (Å²) in [6, 6.07) is 6.97. The Balaban J connectivity index is 1.45. The van der Waals surface area contributed by atoms with Crippen LogP contribution in [0.4, 0.5) is 11.4 Å². The first kappa shape index (κ1) is 17.0. The fourth-order valence-corrected chi connectivity index (χ4v) is 3.04. The number of anilines is 2. The molecule has 1 aliphatic heterocycles. The molecule has 1 amide bonds. The van der Waals surface area contributed by atoms with Gasteiger partial charge in [-0.1, -0.05) is 6.07 Å². The molecule has 1 fully saturated rings. The standard InChI is InChI=1S/C19H20N6O2/c1-27-17-6-4-5-14(9-17)18(26)23-15-10-22-25(13-15)19-20-11-16(12-21-19)24-7-2-3-8-24/h4-6,9-13H,2-3,7-8H2,1H3,(H,23,26). The summed E-state index contributed by atoms with van der Waals surface area (Å²) in [7, 11) is 1.57. The van der Waals surface area contributed by atoms with Crippen LogP contribution in [0, 0.1) is 0 Å². The molecule has 0 unspecified atom stereocenters. The maximum atomic E-state index is 12.4. The molecule has 1 saturated heterocycles. The summed E-state index contributed by atoms with van der Waals surface area (Å²) >= 11 is 0. The van der Waals surface area contributed by atoms with Gasteiger partial charge in [-0.25, -0.2) is 14.6 Å². The Morgan fingerprint density at radius 2 is 1.93 bits per heavy atom. The molecule has 8 nitrogen and oxygen atoms in total. The highest BCUT2D eigenvalue weighted by Crippen LogP contribution is 2.19. The van der Waals surface area contributed by atoms with Gasteiger partial charge in [-0.2, -0.15) is 5.10 Å². The van der Waals surface area contributed by atoms with Gasteiger partial charge in [-0.05, 0) is 31.0 Å². The lowest BCUT2D eigenvalue weighted by atomic mass is 10.2. The van der Waals surface area contributed by atoms with Gasteiger partial charge in [0.25, 0.3) is 11.9 Å². The molecule has 27 heavy (non-hydrogen) atoms. The number of nitrogens with one attached hydrogen (secondary N) is 1. The molecule has 138 valence electrons. The van der Waals surface area contributed by atoms with Gasteiger partial charge in [0, 0.05) is 18.7 Å². The van der Waals surface area contributed by atoms with Crippen molar-refractivity contribution in [3.63, 3.8) is 0 Å². The third-order valence-electron chi connectivity index (χ3n) is 4.47. The summed E-state index contributed by atoms with van der Waals surface area (Å²) in [5.74, 6) is 0.850. The van der Waals surface area contributed by atoms with Gasteiger partial charge in [0.05, 0.1) is 43.3 Å². The molecule has 4 rings (SSSR count). The lowest BCUT2D eigenvalue weighted by molar-refractivity contribution is 0.102. The molecular formula is C19H20N6O2. The molecule has 0 atom stereocenters. The van der Waals surface area contributed by atoms with Crippen LogP contribution in [0.5, 0.6) is 5.75 Å². The second-order valence-corrected chi connectivity index (χ2v) is 6.30. The van der Waals surface area contributed by atoms with Crippen molar-refractivity contribution >= 4 is 17.3 Å². The predicted octanol–water partition coefficient (Wildman–Crippen LogP) is 2.52. The van der Waals surface area contributed by atoms with Crippen LogP contribution in [0.1, 0.15) is 23.2 Å². The smallest absolute Gasteiger partial charge is 0.255 e. The molecule has 1 aromatic carbocycles. The van der Waals surface area contributed by atoms with E-state index in [2.05, 4.69) is 25.3 Å². The predicted molar refractivity (Wildman–Crippen MR) is 102 cm³/mol. The summed E-state index contributed by atoms with van der Waals surface area (Å²) < 4.78 is 6.68. The molecule has 3 heterocycles. The number of ether oxygens (including phenoxy) is 1. The topological polar surface area (TPSA) is 85.2 Å². The van der Waals surface area contributed by atoms with E-state index in [4.69, 9.17) is 4.74 Å².